The lowest BCUT2D eigenvalue weighted by atomic mass is 9.93. The SMILES string of the molecule is NC1CCC(NS(=O)(=O)c2c(F)c(F)cc(F)c2F)CC1. The van der Waals surface area contributed by atoms with Gasteiger partial charge in [-0.05, 0) is 25.7 Å². The van der Waals surface area contributed by atoms with E-state index < -0.39 is 44.2 Å². The van der Waals surface area contributed by atoms with Gasteiger partial charge in [-0.3, -0.25) is 0 Å². The molecule has 0 amide bonds. The number of rotatable bonds is 3. The van der Waals surface area contributed by atoms with Gasteiger partial charge in [0.05, 0.1) is 0 Å². The Morgan fingerprint density at radius 3 is 1.95 bits per heavy atom. The molecule has 1 aromatic rings. The highest BCUT2D eigenvalue weighted by Crippen LogP contribution is 2.25. The quantitative estimate of drug-likeness (QED) is 0.657. The first kappa shape index (κ1) is 16.2. The summed E-state index contributed by atoms with van der Waals surface area (Å²) in [4.78, 5) is -1.63. The monoisotopic (exact) mass is 326 g/mol. The standard InChI is InChI=1S/C12H14F4N2O2S/c13-8-5-9(14)11(16)12(10(8)15)21(19,20)18-7-3-1-6(17)2-4-7/h5-7,18H,1-4,17H2. The average Bonchev–Trinajstić information content (AvgIpc) is 2.39. The van der Waals surface area contributed by atoms with Crippen LogP contribution in [-0.2, 0) is 10.0 Å². The Morgan fingerprint density at radius 2 is 1.48 bits per heavy atom. The van der Waals surface area contributed by atoms with Crippen molar-refractivity contribution in [1.82, 2.24) is 4.72 Å². The van der Waals surface area contributed by atoms with E-state index in [-0.39, 0.29) is 12.1 Å². The summed E-state index contributed by atoms with van der Waals surface area (Å²) >= 11 is 0. The molecular weight excluding hydrogens is 312 g/mol. The van der Waals surface area contributed by atoms with Crippen LogP contribution in [0.5, 0.6) is 0 Å². The Hall–Kier alpha value is -1.19. The normalized spacial score (nSPS) is 23.3. The smallest absolute Gasteiger partial charge is 0.246 e. The molecule has 0 heterocycles. The number of halogens is 4. The van der Waals surface area contributed by atoms with E-state index in [0.29, 0.717) is 25.7 Å². The molecule has 0 atom stereocenters. The molecule has 21 heavy (non-hydrogen) atoms. The molecular formula is C12H14F4N2O2S. The van der Waals surface area contributed by atoms with Crippen molar-refractivity contribution in [3.63, 3.8) is 0 Å². The fraction of sp³-hybridized carbons (Fsp3) is 0.500. The van der Waals surface area contributed by atoms with Gasteiger partial charge in [0.15, 0.2) is 28.2 Å². The van der Waals surface area contributed by atoms with Gasteiger partial charge < -0.3 is 5.73 Å². The summed E-state index contributed by atoms with van der Waals surface area (Å²) in [5.41, 5.74) is 5.66. The van der Waals surface area contributed by atoms with E-state index >= 15 is 0 Å². The molecule has 1 aliphatic carbocycles. The molecule has 9 heteroatoms. The number of benzene rings is 1. The van der Waals surface area contributed by atoms with Crippen molar-refractivity contribution < 1.29 is 26.0 Å². The van der Waals surface area contributed by atoms with Crippen LogP contribution in [0.3, 0.4) is 0 Å². The maximum atomic E-state index is 13.5. The Morgan fingerprint density at radius 1 is 1.00 bits per heavy atom. The first-order valence-corrected chi connectivity index (χ1v) is 7.81. The summed E-state index contributed by atoms with van der Waals surface area (Å²) in [6.45, 7) is 0. The molecule has 1 aliphatic rings. The summed E-state index contributed by atoms with van der Waals surface area (Å²) in [6, 6.07) is -0.658. The van der Waals surface area contributed by atoms with E-state index in [1.807, 2.05) is 0 Å². The van der Waals surface area contributed by atoms with Crippen molar-refractivity contribution in [1.29, 1.82) is 0 Å². The third kappa shape index (κ3) is 3.35. The van der Waals surface area contributed by atoms with Crippen molar-refractivity contribution in [3.05, 3.63) is 29.3 Å². The van der Waals surface area contributed by atoms with Crippen LogP contribution >= 0.6 is 0 Å². The Balaban J connectivity index is 2.32. The van der Waals surface area contributed by atoms with Crippen LogP contribution in [0, 0.1) is 23.3 Å². The summed E-state index contributed by atoms with van der Waals surface area (Å²) in [6.07, 6.45) is 1.88. The minimum Gasteiger partial charge on any atom is -0.328 e. The van der Waals surface area contributed by atoms with E-state index in [1.54, 1.807) is 0 Å². The van der Waals surface area contributed by atoms with Gasteiger partial charge >= 0.3 is 0 Å². The summed E-state index contributed by atoms with van der Waals surface area (Å²) in [7, 11) is -4.70. The molecule has 3 N–H and O–H groups in total. The fourth-order valence-corrected chi connectivity index (χ4v) is 3.76. The predicted molar refractivity (Wildman–Crippen MR) is 66.8 cm³/mol. The molecule has 4 nitrogen and oxygen atoms in total. The topological polar surface area (TPSA) is 72.2 Å². The van der Waals surface area contributed by atoms with Crippen molar-refractivity contribution in [3.8, 4) is 0 Å². The largest absolute Gasteiger partial charge is 0.328 e. The Labute approximate surface area is 119 Å². The molecule has 1 aromatic carbocycles. The number of sulfonamides is 1. The molecule has 1 fully saturated rings. The molecule has 1 saturated carbocycles. The van der Waals surface area contributed by atoms with Crippen LogP contribution in [-0.4, -0.2) is 20.5 Å². The zero-order chi connectivity index (χ0) is 15.8. The van der Waals surface area contributed by atoms with E-state index in [2.05, 4.69) is 4.72 Å². The molecule has 2 rings (SSSR count). The van der Waals surface area contributed by atoms with Crippen LogP contribution in [0.4, 0.5) is 17.6 Å². The maximum Gasteiger partial charge on any atom is 0.246 e. The Kier molecular flexibility index (Phi) is 4.54. The average molecular weight is 326 g/mol. The number of nitrogens with one attached hydrogen (secondary N) is 1. The molecule has 0 aliphatic heterocycles. The van der Waals surface area contributed by atoms with Crippen molar-refractivity contribution in [2.75, 3.05) is 0 Å². The second kappa shape index (κ2) is 5.90. The third-order valence-corrected chi connectivity index (χ3v) is 4.97. The van der Waals surface area contributed by atoms with Gasteiger partial charge in [0.25, 0.3) is 0 Å². The van der Waals surface area contributed by atoms with Gasteiger partial charge in [-0.1, -0.05) is 0 Å². The van der Waals surface area contributed by atoms with Crippen LogP contribution in [0.2, 0.25) is 0 Å². The molecule has 0 bridgehead atoms. The second-order valence-corrected chi connectivity index (χ2v) is 6.68. The lowest BCUT2D eigenvalue weighted by Gasteiger charge is -2.26. The zero-order valence-corrected chi connectivity index (χ0v) is 11.7. The lowest BCUT2D eigenvalue weighted by Crippen LogP contribution is -2.41. The highest BCUT2D eigenvalue weighted by atomic mass is 32.2. The number of hydrogen-bond donors (Lipinski definition) is 2. The number of nitrogens with two attached hydrogens (primary N) is 1. The zero-order valence-electron chi connectivity index (χ0n) is 10.9. The van der Waals surface area contributed by atoms with Gasteiger partial charge in [-0.25, -0.2) is 30.7 Å². The molecule has 0 unspecified atom stereocenters. The minimum absolute atomic E-state index is 0.0384. The summed E-state index contributed by atoms with van der Waals surface area (Å²) in [5.74, 6) is -7.40. The van der Waals surface area contributed by atoms with Gasteiger partial charge in [0.1, 0.15) is 0 Å². The number of hydrogen-bond acceptors (Lipinski definition) is 3. The summed E-state index contributed by atoms with van der Waals surface area (Å²) < 4.78 is 79.3. The molecule has 118 valence electrons. The van der Waals surface area contributed by atoms with Crippen LogP contribution in [0.25, 0.3) is 0 Å². The van der Waals surface area contributed by atoms with Crippen LogP contribution in [0.1, 0.15) is 25.7 Å². The summed E-state index contributed by atoms with van der Waals surface area (Å²) in [5, 5.41) is 0. The van der Waals surface area contributed by atoms with Gasteiger partial charge in [0, 0.05) is 18.2 Å². The van der Waals surface area contributed by atoms with Crippen LogP contribution in [0.15, 0.2) is 11.0 Å². The third-order valence-electron chi connectivity index (χ3n) is 3.43. The Bertz CT molecular complexity index is 617. The lowest BCUT2D eigenvalue weighted by molar-refractivity contribution is 0.370. The van der Waals surface area contributed by atoms with E-state index in [9.17, 15) is 26.0 Å². The van der Waals surface area contributed by atoms with Gasteiger partial charge in [-0.2, -0.15) is 0 Å². The fourth-order valence-electron chi connectivity index (χ4n) is 2.30. The first-order chi connectivity index (χ1) is 9.72. The minimum atomic E-state index is -4.70. The van der Waals surface area contributed by atoms with Crippen molar-refractivity contribution >= 4 is 10.0 Å². The molecule has 0 radical (unpaired) electrons. The van der Waals surface area contributed by atoms with E-state index in [1.165, 1.54) is 0 Å². The molecule has 0 saturated heterocycles. The van der Waals surface area contributed by atoms with E-state index in [0.717, 1.165) is 0 Å². The maximum absolute atomic E-state index is 13.5. The van der Waals surface area contributed by atoms with Gasteiger partial charge in [0.2, 0.25) is 10.0 Å². The molecule has 0 spiro atoms. The van der Waals surface area contributed by atoms with Crippen molar-refractivity contribution in [2.45, 2.75) is 42.7 Å². The van der Waals surface area contributed by atoms with Crippen molar-refractivity contribution in [2.24, 2.45) is 5.73 Å². The van der Waals surface area contributed by atoms with Gasteiger partial charge in [-0.15, -0.1) is 0 Å². The highest BCUT2D eigenvalue weighted by Gasteiger charge is 2.32. The second-order valence-electron chi connectivity index (χ2n) is 5.03. The highest BCUT2D eigenvalue weighted by molar-refractivity contribution is 7.89. The predicted octanol–water partition coefficient (Wildman–Crippen LogP) is 1.79. The molecule has 0 aromatic heterocycles. The van der Waals surface area contributed by atoms with Crippen LogP contribution < -0.4 is 10.5 Å². The first-order valence-electron chi connectivity index (χ1n) is 6.33. The van der Waals surface area contributed by atoms with E-state index in [4.69, 9.17) is 5.73 Å².